The summed E-state index contributed by atoms with van der Waals surface area (Å²) in [5.74, 6) is 0.368. The van der Waals surface area contributed by atoms with E-state index < -0.39 is 0 Å². The standard InChI is InChI=1S/C17H14O4/c18-14-7-4-8-16-17(14)15(19)9-13(21-16)11-20-10-12-5-2-1-3-6-12/h1-9,18H,10-11H2. The van der Waals surface area contributed by atoms with Crippen LogP contribution in [0.15, 0.2) is 63.8 Å². The Morgan fingerprint density at radius 3 is 2.62 bits per heavy atom. The Bertz CT molecular complexity index is 806. The van der Waals surface area contributed by atoms with Gasteiger partial charge in [0.2, 0.25) is 0 Å². The highest BCUT2D eigenvalue weighted by atomic mass is 16.5. The van der Waals surface area contributed by atoms with Crippen LogP contribution in [0.1, 0.15) is 11.3 Å². The van der Waals surface area contributed by atoms with Gasteiger partial charge in [0.15, 0.2) is 5.43 Å². The van der Waals surface area contributed by atoms with E-state index in [1.54, 1.807) is 12.1 Å². The molecule has 0 saturated heterocycles. The van der Waals surface area contributed by atoms with E-state index in [1.165, 1.54) is 12.1 Å². The zero-order valence-electron chi connectivity index (χ0n) is 11.3. The molecule has 106 valence electrons. The third kappa shape index (κ3) is 2.95. The Morgan fingerprint density at radius 1 is 1.00 bits per heavy atom. The Hall–Kier alpha value is -2.59. The Morgan fingerprint density at radius 2 is 1.81 bits per heavy atom. The second-order valence-electron chi connectivity index (χ2n) is 4.71. The Balaban J connectivity index is 1.77. The molecular formula is C17H14O4. The number of phenolic OH excluding ortho intramolecular Hbond substituents is 1. The molecular weight excluding hydrogens is 268 g/mol. The highest BCUT2D eigenvalue weighted by Crippen LogP contribution is 2.21. The molecule has 0 aliphatic heterocycles. The number of aromatic hydroxyl groups is 1. The highest BCUT2D eigenvalue weighted by Gasteiger charge is 2.08. The third-order valence-electron chi connectivity index (χ3n) is 3.14. The molecule has 1 aromatic heterocycles. The van der Waals surface area contributed by atoms with Gasteiger partial charge in [0, 0.05) is 6.07 Å². The molecule has 3 aromatic rings. The van der Waals surface area contributed by atoms with E-state index in [0.717, 1.165) is 5.56 Å². The fourth-order valence-corrected chi connectivity index (χ4v) is 2.16. The van der Waals surface area contributed by atoms with Gasteiger partial charge >= 0.3 is 0 Å². The van der Waals surface area contributed by atoms with Gasteiger partial charge in [0.25, 0.3) is 0 Å². The summed E-state index contributed by atoms with van der Waals surface area (Å²) in [5.41, 5.74) is 1.15. The lowest BCUT2D eigenvalue weighted by Crippen LogP contribution is -2.04. The number of phenols is 1. The van der Waals surface area contributed by atoms with Crippen molar-refractivity contribution in [3.8, 4) is 5.75 Å². The van der Waals surface area contributed by atoms with E-state index in [1.807, 2.05) is 30.3 Å². The van der Waals surface area contributed by atoms with Crippen molar-refractivity contribution in [2.24, 2.45) is 0 Å². The van der Waals surface area contributed by atoms with Gasteiger partial charge in [-0.2, -0.15) is 0 Å². The number of rotatable bonds is 4. The zero-order chi connectivity index (χ0) is 14.7. The second-order valence-corrected chi connectivity index (χ2v) is 4.71. The highest BCUT2D eigenvalue weighted by molar-refractivity contribution is 5.82. The van der Waals surface area contributed by atoms with Gasteiger partial charge in [-0.1, -0.05) is 36.4 Å². The van der Waals surface area contributed by atoms with Crippen LogP contribution in [0.25, 0.3) is 11.0 Å². The summed E-state index contributed by atoms with van der Waals surface area (Å²) < 4.78 is 11.1. The monoisotopic (exact) mass is 282 g/mol. The van der Waals surface area contributed by atoms with Crippen molar-refractivity contribution in [1.82, 2.24) is 0 Å². The van der Waals surface area contributed by atoms with Crippen molar-refractivity contribution >= 4 is 11.0 Å². The Labute approximate surface area is 121 Å². The number of hydrogen-bond acceptors (Lipinski definition) is 4. The van der Waals surface area contributed by atoms with Crippen molar-refractivity contribution in [1.29, 1.82) is 0 Å². The minimum Gasteiger partial charge on any atom is -0.507 e. The summed E-state index contributed by atoms with van der Waals surface area (Å²) in [5, 5.41) is 9.87. The molecule has 0 aliphatic rings. The van der Waals surface area contributed by atoms with Gasteiger partial charge < -0.3 is 14.3 Å². The minimum absolute atomic E-state index is 0.0713. The average Bonchev–Trinajstić information content (AvgIpc) is 2.48. The predicted octanol–water partition coefficient (Wildman–Crippen LogP) is 3.22. The molecule has 0 saturated carbocycles. The number of hydrogen-bond donors (Lipinski definition) is 1. The number of ether oxygens (including phenoxy) is 1. The normalized spacial score (nSPS) is 10.9. The first-order valence-electron chi connectivity index (χ1n) is 6.60. The lowest BCUT2D eigenvalue weighted by Gasteiger charge is -2.05. The summed E-state index contributed by atoms with van der Waals surface area (Å²) in [6.45, 7) is 0.651. The largest absolute Gasteiger partial charge is 0.507 e. The van der Waals surface area contributed by atoms with Gasteiger partial charge in [-0.3, -0.25) is 4.79 Å². The van der Waals surface area contributed by atoms with E-state index in [2.05, 4.69) is 0 Å². The molecule has 4 nitrogen and oxygen atoms in total. The average molecular weight is 282 g/mol. The van der Waals surface area contributed by atoms with Crippen LogP contribution in [0.5, 0.6) is 5.75 Å². The van der Waals surface area contributed by atoms with Crippen LogP contribution < -0.4 is 5.43 Å². The maximum atomic E-state index is 12.0. The first-order chi connectivity index (χ1) is 10.2. The fraction of sp³-hybridized carbons (Fsp3) is 0.118. The third-order valence-corrected chi connectivity index (χ3v) is 3.14. The van der Waals surface area contributed by atoms with Crippen molar-refractivity contribution in [3.05, 3.63) is 76.1 Å². The molecule has 21 heavy (non-hydrogen) atoms. The molecule has 1 N–H and O–H groups in total. The van der Waals surface area contributed by atoms with Crippen LogP contribution in [0, 0.1) is 0 Å². The fourth-order valence-electron chi connectivity index (χ4n) is 2.16. The van der Waals surface area contributed by atoms with E-state index in [0.29, 0.717) is 18.0 Å². The van der Waals surface area contributed by atoms with Crippen molar-refractivity contribution in [2.75, 3.05) is 0 Å². The van der Waals surface area contributed by atoms with E-state index in [-0.39, 0.29) is 23.2 Å². The molecule has 0 unspecified atom stereocenters. The van der Waals surface area contributed by atoms with Crippen molar-refractivity contribution in [3.63, 3.8) is 0 Å². The van der Waals surface area contributed by atoms with E-state index in [9.17, 15) is 9.90 Å². The molecule has 4 heteroatoms. The van der Waals surface area contributed by atoms with Crippen molar-refractivity contribution < 1.29 is 14.3 Å². The van der Waals surface area contributed by atoms with E-state index in [4.69, 9.17) is 9.15 Å². The maximum absolute atomic E-state index is 12.0. The Kier molecular flexibility index (Phi) is 3.71. The summed E-state index contributed by atoms with van der Waals surface area (Å²) in [4.78, 5) is 12.0. The van der Waals surface area contributed by atoms with Crippen LogP contribution in [-0.2, 0) is 18.0 Å². The minimum atomic E-state index is -0.271. The van der Waals surface area contributed by atoms with Crippen LogP contribution in [-0.4, -0.2) is 5.11 Å². The van der Waals surface area contributed by atoms with Crippen LogP contribution in [0.3, 0.4) is 0 Å². The molecule has 0 fully saturated rings. The zero-order valence-corrected chi connectivity index (χ0v) is 11.3. The van der Waals surface area contributed by atoms with Gasteiger partial charge in [-0.15, -0.1) is 0 Å². The lowest BCUT2D eigenvalue weighted by atomic mass is 10.2. The van der Waals surface area contributed by atoms with Gasteiger partial charge in [-0.25, -0.2) is 0 Å². The molecule has 1 heterocycles. The molecule has 0 amide bonds. The molecule has 2 aromatic carbocycles. The summed E-state index contributed by atoms with van der Waals surface area (Å²) in [6, 6.07) is 15.9. The topological polar surface area (TPSA) is 59.7 Å². The van der Waals surface area contributed by atoms with Crippen LogP contribution in [0.2, 0.25) is 0 Å². The maximum Gasteiger partial charge on any atom is 0.196 e. The number of fused-ring (bicyclic) bond motifs is 1. The summed E-state index contributed by atoms with van der Waals surface area (Å²) in [7, 11) is 0. The first kappa shape index (κ1) is 13.4. The molecule has 0 bridgehead atoms. The van der Waals surface area contributed by atoms with Crippen molar-refractivity contribution in [2.45, 2.75) is 13.2 Å². The molecule has 3 rings (SSSR count). The molecule has 0 aliphatic carbocycles. The van der Waals surface area contributed by atoms with Gasteiger partial charge in [-0.05, 0) is 17.7 Å². The summed E-state index contributed by atoms with van der Waals surface area (Å²) in [6.07, 6.45) is 0. The van der Waals surface area contributed by atoms with Crippen LogP contribution >= 0.6 is 0 Å². The summed E-state index contributed by atoms with van der Waals surface area (Å²) >= 11 is 0. The second kappa shape index (κ2) is 5.81. The molecule has 0 radical (unpaired) electrons. The lowest BCUT2D eigenvalue weighted by molar-refractivity contribution is 0.0932. The SMILES string of the molecule is O=c1cc(COCc2ccccc2)oc2cccc(O)c12. The first-order valence-corrected chi connectivity index (χ1v) is 6.60. The van der Waals surface area contributed by atoms with Gasteiger partial charge in [0.1, 0.15) is 29.1 Å². The van der Waals surface area contributed by atoms with Crippen LogP contribution in [0.4, 0.5) is 0 Å². The predicted molar refractivity (Wildman–Crippen MR) is 79.1 cm³/mol. The molecule has 0 atom stereocenters. The van der Waals surface area contributed by atoms with E-state index >= 15 is 0 Å². The quantitative estimate of drug-likeness (QED) is 0.798. The smallest absolute Gasteiger partial charge is 0.196 e. The van der Waals surface area contributed by atoms with Gasteiger partial charge in [0.05, 0.1) is 6.61 Å². The number of benzene rings is 2. The molecule has 0 spiro atoms.